The third-order valence-corrected chi connectivity index (χ3v) is 4.49. The van der Waals surface area contributed by atoms with Crippen molar-refractivity contribution in [3.63, 3.8) is 0 Å². The van der Waals surface area contributed by atoms with Crippen molar-refractivity contribution >= 4 is 27.7 Å². The zero-order chi connectivity index (χ0) is 14.7. The van der Waals surface area contributed by atoms with Crippen molar-refractivity contribution in [2.45, 2.75) is 26.2 Å². The molecule has 0 spiro atoms. The summed E-state index contributed by atoms with van der Waals surface area (Å²) in [5, 5.41) is 7.01. The van der Waals surface area contributed by atoms with Crippen LogP contribution in [0.1, 0.15) is 35.4 Å². The van der Waals surface area contributed by atoms with Crippen LogP contribution in [0.4, 0.5) is 0 Å². The summed E-state index contributed by atoms with van der Waals surface area (Å²) >= 11 is 3.38. The Morgan fingerprint density at radius 2 is 2.25 bits per heavy atom. The fourth-order valence-electron chi connectivity index (χ4n) is 2.22. The standard InChI is InChI=1S/C13H19BrN4O2/c1-9-11(14)12(16-17(9)2)13(20)15-6-4-8-18-7-3-5-10(18)19/h3-8H2,1-2H3,(H,15,20). The summed E-state index contributed by atoms with van der Waals surface area (Å²) in [6.07, 6.45) is 2.37. The maximum atomic E-state index is 12.0. The van der Waals surface area contributed by atoms with Gasteiger partial charge in [-0.15, -0.1) is 0 Å². The lowest BCUT2D eigenvalue weighted by Crippen LogP contribution is -2.31. The van der Waals surface area contributed by atoms with Gasteiger partial charge in [0, 0.05) is 33.1 Å². The van der Waals surface area contributed by atoms with Gasteiger partial charge < -0.3 is 10.2 Å². The van der Waals surface area contributed by atoms with Crippen LogP contribution in [-0.4, -0.2) is 46.1 Å². The molecule has 0 unspecified atom stereocenters. The first kappa shape index (κ1) is 15.0. The van der Waals surface area contributed by atoms with Crippen LogP contribution in [0.25, 0.3) is 0 Å². The number of aromatic nitrogens is 2. The molecule has 0 atom stereocenters. The van der Waals surface area contributed by atoms with E-state index in [0.29, 0.717) is 25.2 Å². The molecule has 0 radical (unpaired) electrons. The lowest BCUT2D eigenvalue weighted by Gasteiger charge is -2.15. The van der Waals surface area contributed by atoms with Crippen molar-refractivity contribution in [1.29, 1.82) is 0 Å². The molecule has 1 saturated heterocycles. The molecule has 2 amide bonds. The Bertz CT molecular complexity index is 527. The fraction of sp³-hybridized carbons (Fsp3) is 0.615. The van der Waals surface area contributed by atoms with E-state index >= 15 is 0 Å². The summed E-state index contributed by atoms with van der Waals surface area (Å²) in [7, 11) is 1.80. The Hall–Kier alpha value is -1.37. The van der Waals surface area contributed by atoms with Crippen molar-refractivity contribution in [3.8, 4) is 0 Å². The normalized spacial score (nSPS) is 14.9. The predicted octanol–water partition coefficient (Wildman–Crippen LogP) is 1.23. The van der Waals surface area contributed by atoms with Crippen molar-refractivity contribution in [3.05, 3.63) is 15.9 Å². The predicted molar refractivity (Wildman–Crippen MR) is 78.4 cm³/mol. The minimum atomic E-state index is -0.187. The SMILES string of the molecule is Cc1c(Br)c(C(=O)NCCCN2CCCC2=O)nn1C. The maximum absolute atomic E-state index is 12.0. The molecule has 110 valence electrons. The zero-order valence-electron chi connectivity index (χ0n) is 11.8. The molecular weight excluding hydrogens is 324 g/mol. The molecule has 0 aliphatic carbocycles. The van der Waals surface area contributed by atoms with Crippen LogP contribution in [0.3, 0.4) is 0 Å². The van der Waals surface area contributed by atoms with Gasteiger partial charge in [0.05, 0.1) is 10.2 Å². The number of hydrogen-bond donors (Lipinski definition) is 1. The highest BCUT2D eigenvalue weighted by Crippen LogP contribution is 2.19. The molecule has 1 aliphatic heterocycles. The molecule has 1 fully saturated rings. The van der Waals surface area contributed by atoms with Gasteiger partial charge in [-0.2, -0.15) is 5.10 Å². The van der Waals surface area contributed by atoms with E-state index < -0.39 is 0 Å². The van der Waals surface area contributed by atoms with Gasteiger partial charge >= 0.3 is 0 Å². The molecule has 20 heavy (non-hydrogen) atoms. The summed E-state index contributed by atoms with van der Waals surface area (Å²) in [5.74, 6) is 0.0349. The molecule has 6 nitrogen and oxygen atoms in total. The molecular formula is C13H19BrN4O2. The van der Waals surface area contributed by atoms with Crippen LogP contribution in [0.5, 0.6) is 0 Å². The smallest absolute Gasteiger partial charge is 0.272 e. The molecule has 0 aromatic carbocycles. The van der Waals surface area contributed by atoms with Crippen LogP contribution in [0.2, 0.25) is 0 Å². The maximum Gasteiger partial charge on any atom is 0.272 e. The van der Waals surface area contributed by atoms with Crippen LogP contribution in [0, 0.1) is 6.92 Å². The van der Waals surface area contributed by atoms with Crippen molar-refractivity contribution < 1.29 is 9.59 Å². The van der Waals surface area contributed by atoms with Gasteiger partial charge in [0.15, 0.2) is 5.69 Å². The quantitative estimate of drug-likeness (QED) is 0.818. The van der Waals surface area contributed by atoms with E-state index in [0.717, 1.165) is 29.6 Å². The van der Waals surface area contributed by atoms with Crippen molar-refractivity contribution in [2.24, 2.45) is 7.05 Å². The summed E-state index contributed by atoms with van der Waals surface area (Å²) in [6, 6.07) is 0. The molecule has 1 N–H and O–H groups in total. The number of likely N-dealkylation sites (tertiary alicyclic amines) is 1. The number of hydrogen-bond acceptors (Lipinski definition) is 3. The largest absolute Gasteiger partial charge is 0.351 e. The fourth-order valence-corrected chi connectivity index (χ4v) is 2.74. The van der Waals surface area contributed by atoms with Crippen molar-refractivity contribution in [1.82, 2.24) is 20.0 Å². The van der Waals surface area contributed by atoms with Crippen LogP contribution in [-0.2, 0) is 11.8 Å². The third kappa shape index (κ3) is 3.20. The minimum absolute atomic E-state index is 0.187. The Morgan fingerprint density at radius 3 is 2.80 bits per heavy atom. The summed E-state index contributed by atoms with van der Waals surface area (Å²) in [5.41, 5.74) is 1.32. The number of rotatable bonds is 5. The number of nitrogens with one attached hydrogen (secondary N) is 1. The topological polar surface area (TPSA) is 67.2 Å². The highest BCUT2D eigenvalue weighted by atomic mass is 79.9. The molecule has 1 aromatic heterocycles. The van der Waals surface area contributed by atoms with Crippen LogP contribution < -0.4 is 5.32 Å². The average molecular weight is 343 g/mol. The van der Waals surface area contributed by atoms with E-state index in [1.54, 1.807) is 11.7 Å². The lowest BCUT2D eigenvalue weighted by atomic mass is 10.3. The van der Waals surface area contributed by atoms with Crippen LogP contribution in [0.15, 0.2) is 4.47 Å². The van der Waals surface area contributed by atoms with Gasteiger partial charge in [-0.25, -0.2) is 0 Å². The van der Waals surface area contributed by atoms with Gasteiger partial charge in [-0.05, 0) is 35.7 Å². The summed E-state index contributed by atoms with van der Waals surface area (Å²) in [6.45, 7) is 4.00. The Labute approximate surface area is 126 Å². The molecule has 2 heterocycles. The molecule has 7 heteroatoms. The van der Waals surface area contributed by atoms with E-state index in [1.807, 2.05) is 11.8 Å². The van der Waals surface area contributed by atoms with Crippen LogP contribution >= 0.6 is 15.9 Å². The zero-order valence-corrected chi connectivity index (χ0v) is 13.4. The first-order chi connectivity index (χ1) is 9.50. The summed E-state index contributed by atoms with van der Waals surface area (Å²) < 4.78 is 2.40. The molecule has 1 aliphatic rings. The van der Waals surface area contributed by atoms with Gasteiger partial charge in [0.2, 0.25) is 5.91 Å². The second-order valence-electron chi connectivity index (χ2n) is 4.97. The highest BCUT2D eigenvalue weighted by molar-refractivity contribution is 9.10. The molecule has 0 saturated carbocycles. The number of carbonyl (C=O) groups is 2. The van der Waals surface area contributed by atoms with E-state index in [9.17, 15) is 9.59 Å². The lowest BCUT2D eigenvalue weighted by molar-refractivity contribution is -0.127. The first-order valence-electron chi connectivity index (χ1n) is 6.75. The Kier molecular flexibility index (Phi) is 4.80. The first-order valence-corrected chi connectivity index (χ1v) is 7.55. The van der Waals surface area contributed by atoms with E-state index in [2.05, 4.69) is 26.3 Å². The number of carbonyl (C=O) groups excluding carboxylic acids is 2. The van der Waals surface area contributed by atoms with E-state index in [-0.39, 0.29) is 11.8 Å². The van der Waals surface area contributed by atoms with Gasteiger partial charge in [0.25, 0.3) is 5.91 Å². The van der Waals surface area contributed by atoms with Gasteiger partial charge in [-0.1, -0.05) is 0 Å². The highest BCUT2D eigenvalue weighted by Gasteiger charge is 2.20. The van der Waals surface area contributed by atoms with Crippen molar-refractivity contribution in [2.75, 3.05) is 19.6 Å². The van der Waals surface area contributed by atoms with E-state index in [4.69, 9.17) is 0 Å². The number of nitrogens with zero attached hydrogens (tertiary/aromatic N) is 3. The molecule has 0 bridgehead atoms. The van der Waals surface area contributed by atoms with Gasteiger partial charge in [-0.3, -0.25) is 14.3 Å². The Morgan fingerprint density at radius 1 is 1.50 bits per heavy atom. The monoisotopic (exact) mass is 342 g/mol. The second-order valence-corrected chi connectivity index (χ2v) is 5.76. The molecule has 2 rings (SSSR count). The molecule has 1 aromatic rings. The summed E-state index contributed by atoms with van der Waals surface area (Å²) in [4.78, 5) is 25.3. The average Bonchev–Trinajstić information content (AvgIpc) is 2.94. The number of halogens is 1. The van der Waals surface area contributed by atoms with E-state index in [1.165, 1.54) is 0 Å². The number of aryl methyl sites for hydroxylation is 1. The number of amides is 2. The second kappa shape index (κ2) is 6.39. The third-order valence-electron chi connectivity index (χ3n) is 3.54. The van der Waals surface area contributed by atoms with Gasteiger partial charge in [0.1, 0.15) is 0 Å². The Balaban J connectivity index is 1.77. The minimum Gasteiger partial charge on any atom is -0.351 e.